The van der Waals surface area contributed by atoms with Gasteiger partial charge in [-0.3, -0.25) is 4.90 Å². The average molecular weight is 378 g/mol. The van der Waals surface area contributed by atoms with E-state index in [0.717, 1.165) is 77.2 Å². The molecule has 0 saturated carbocycles. The number of hydrogen-bond donors (Lipinski definition) is 1. The lowest BCUT2D eigenvalue weighted by Gasteiger charge is -2.26. The van der Waals surface area contributed by atoms with Gasteiger partial charge in [0.2, 0.25) is 13.5 Å². The van der Waals surface area contributed by atoms with Gasteiger partial charge < -0.3 is 18.6 Å². The summed E-state index contributed by atoms with van der Waals surface area (Å²) in [6.07, 6.45) is 2.79. The molecule has 0 fully saturated rings. The highest BCUT2D eigenvalue weighted by molar-refractivity contribution is 5.86. The molecule has 6 heteroatoms. The molecule has 0 radical (unpaired) electrons. The van der Waals surface area contributed by atoms with Gasteiger partial charge in [-0.15, -0.1) is 0 Å². The summed E-state index contributed by atoms with van der Waals surface area (Å²) in [5.41, 5.74) is 4.69. The summed E-state index contributed by atoms with van der Waals surface area (Å²) in [4.78, 5) is 13.7. The maximum atomic E-state index is 12.5. The first kappa shape index (κ1) is 16.0. The Labute approximate surface area is 161 Å². The number of quaternary nitrogens is 1. The van der Waals surface area contributed by atoms with Crippen LogP contribution in [-0.4, -0.2) is 13.5 Å². The quantitative estimate of drug-likeness (QED) is 0.691. The van der Waals surface area contributed by atoms with E-state index in [2.05, 4.69) is 6.07 Å². The predicted molar refractivity (Wildman–Crippen MR) is 101 cm³/mol. The third-order valence-corrected chi connectivity index (χ3v) is 5.95. The zero-order valence-corrected chi connectivity index (χ0v) is 15.4. The molecule has 142 valence electrons. The second-order valence-electron chi connectivity index (χ2n) is 7.70. The standard InChI is InChI=1S/C22H19NO5/c24-22-16-3-1-2-14(16)15-5-7-18-17(21(15)28-22)10-23(11-25-18)9-13-4-6-19-20(8-13)27-12-26-19/h4-8H,1-3,9-12H2/p+1. The highest BCUT2D eigenvalue weighted by Gasteiger charge is 2.28. The molecule has 2 aliphatic heterocycles. The highest BCUT2D eigenvalue weighted by atomic mass is 16.7. The van der Waals surface area contributed by atoms with Crippen molar-refractivity contribution in [2.24, 2.45) is 0 Å². The van der Waals surface area contributed by atoms with Crippen molar-refractivity contribution in [1.29, 1.82) is 0 Å². The van der Waals surface area contributed by atoms with E-state index in [0.29, 0.717) is 12.3 Å². The lowest BCUT2D eigenvalue weighted by Crippen LogP contribution is -3.10. The number of aryl methyl sites for hydroxylation is 1. The van der Waals surface area contributed by atoms with Crippen molar-refractivity contribution < 1.29 is 23.5 Å². The maximum absolute atomic E-state index is 12.5. The second kappa shape index (κ2) is 6.01. The van der Waals surface area contributed by atoms with E-state index in [4.69, 9.17) is 18.6 Å². The smallest absolute Gasteiger partial charge is 0.339 e. The van der Waals surface area contributed by atoms with Crippen molar-refractivity contribution in [3.05, 3.63) is 63.0 Å². The van der Waals surface area contributed by atoms with Crippen molar-refractivity contribution in [2.45, 2.75) is 32.4 Å². The molecule has 1 aromatic heterocycles. The summed E-state index contributed by atoms with van der Waals surface area (Å²) in [6, 6.07) is 10.1. The summed E-state index contributed by atoms with van der Waals surface area (Å²) >= 11 is 0. The zero-order valence-electron chi connectivity index (χ0n) is 15.4. The van der Waals surface area contributed by atoms with Gasteiger partial charge in [0.1, 0.15) is 18.8 Å². The summed E-state index contributed by atoms with van der Waals surface area (Å²) in [5.74, 6) is 2.41. The molecule has 1 unspecified atom stereocenters. The van der Waals surface area contributed by atoms with E-state index >= 15 is 0 Å². The summed E-state index contributed by atoms with van der Waals surface area (Å²) in [5, 5.41) is 1.07. The van der Waals surface area contributed by atoms with Crippen molar-refractivity contribution in [3.8, 4) is 17.2 Å². The Bertz CT molecular complexity index is 1170. The van der Waals surface area contributed by atoms with Gasteiger partial charge in [0.25, 0.3) is 0 Å². The fourth-order valence-corrected chi connectivity index (χ4v) is 4.62. The third kappa shape index (κ3) is 2.41. The van der Waals surface area contributed by atoms with Crippen molar-refractivity contribution >= 4 is 11.0 Å². The Morgan fingerprint density at radius 1 is 0.893 bits per heavy atom. The molecular weight excluding hydrogens is 358 g/mol. The van der Waals surface area contributed by atoms with Gasteiger partial charge in [-0.1, -0.05) is 0 Å². The van der Waals surface area contributed by atoms with Crippen molar-refractivity contribution in [1.82, 2.24) is 0 Å². The van der Waals surface area contributed by atoms with E-state index in [1.807, 2.05) is 24.3 Å². The zero-order chi connectivity index (χ0) is 18.7. The van der Waals surface area contributed by atoms with Gasteiger partial charge in [-0.05, 0) is 55.2 Å². The van der Waals surface area contributed by atoms with Gasteiger partial charge in [0.15, 0.2) is 17.1 Å². The van der Waals surface area contributed by atoms with Crippen LogP contribution in [0.2, 0.25) is 0 Å². The first-order valence-electron chi connectivity index (χ1n) is 9.71. The molecule has 28 heavy (non-hydrogen) atoms. The Morgan fingerprint density at radius 2 is 1.75 bits per heavy atom. The molecule has 1 atom stereocenters. The fraction of sp³-hybridized carbons (Fsp3) is 0.318. The van der Waals surface area contributed by atoms with Crippen LogP contribution in [0.3, 0.4) is 0 Å². The molecule has 0 spiro atoms. The predicted octanol–water partition coefficient (Wildman–Crippen LogP) is 1.95. The topological polar surface area (TPSA) is 62.3 Å². The molecule has 1 N–H and O–H groups in total. The van der Waals surface area contributed by atoms with E-state index < -0.39 is 0 Å². The number of ether oxygens (including phenoxy) is 3. The average Bonchev–Trinajstić information content (AvgIpc) is 3.37. The van der Waals surface area contributed by atoms with E-state index in [1.165, 1.54) is 4.90 Å². The van der Waals surface area contributed by atoms with Gasteiger partial charge in [-0.2, -0.15) is 0 Å². The van der Waals surface area contributed by atoms with E-state index in [-0.39, 0.29) is 12.4 Å². The van der Waals surface area contributed by atoms with Crippen LogP contribution < -0.4 is 24.7 Å². The molecule has 1 aliphatic carbocycles. The Balaban J connectivity index is 1.36. The third-order valence-electron chi connectivity index (χ3n) is 5.95. The molecule has 6 rings (SSSR count). The number of rotatable bonds is 2. The number of fused-ring (bicyclic) bond motifs is 6. The molecule has 3 aliphatic rings. The Hall–Kier alpha value is -2.99. The van der Waals surface area contributed by atoms with Crippen LogP contribution in [0, 0.1) is 0 Å². The molecule has 3 heterocycles. The monoisotopic (exact) mass is 378 g/mol. The largest absolute Gasteiger partial charge is 0.454 e. The SMILES string of the molecule is O=c1oc2c3c(ccc2c2c1CCC2)OC[NH+](Cc1ccc2c(c1)OCO2)C3. The Morgan fingerprint density at radius 3 is 2.71 bits per heavy atom. The molecule has 0 bridgehead atoms. The molecular formula is C22H20NO5+. The lowest BCUT2D eigenvalue weighted by atomic mass is 10.0. The minimum absolute atomic E-state index is 0.184. The van der Waals surface area contributed by atoms with Crippen LogP contribution in [0.4, 0.5) is 0 Å². The van der Waals surface area contributed by atoms with Gasteiger partial charge in [-0.25, -0.2) is 4.79 Å². The first-order chi connectivity index (χ1) is 13.8. The maximum Gasteiger partial charge on any atom is 0.339 e. The van der Waals surface area contributed by atoms with Crippen molar-refractivity contribution in [3.63, 3.8) is 0 Å². The lowest BCUT2D eigenvalue weighted by molar-refractivity contribution is -0.945. The van der Waals surface area contributed by atoms with Crippen LogP contribution in [-0.2, 0) is 25.9 Å². The van der Waals surface area contributed by atoms with Crippen molar-refractivity contribution in [2.75, 3.05) is 13.5 Å². The van der Waals surface area contributed by atoms with E-state index in [1.54, 1.807) is 0 Å². The van der Waals surface area contributed by atoms with Crippen LogP contribution in [0.1, 0.15) is 28.7 Å². The minimum atomic E-state index is -0.184. The minimum Gasteiger partial charge on any atom is -0.454 e. The van der Waals surface area contributed by atoms with Crippen LogP contribution in [0.15, 0.2) is 39.5 Å². The van der Waals surface area contributed by atoms with E-state index in [9.17, 15) is 4.79 Å². The number of benzene rings is 2. The Kier molecular flexibility index (Phi) is 3.43. The summed E-state index contributed by atoms with van der Waals surface area (Å²) < 4.78 is 22.7. The molecule has 0 saturated heterocycles. The second-order valence-corrected chi connectivity index (χ2v) is 7.70. The first-order valence-corrected chi connectivity index (χ1v) is 9.71. The number of nitrogens with one attached hydrogen (secondary N) is 1. The van der Waals surface area contributed by atoms with Crippen LogP contribution >= 0.6 is 0 Å². The molecule has 2 aromatic carbocycles. The van der Waals surface area contributed by atoms with Gasteiger partial charge >= 0.3 is 5.63 Å². The normalized spacial score (nSPS) is 19.4. The van der Waals surface area contributed by atoms with Gasteiger partial charge in [0, 0.05) is 16.5 Å². The van der Waals surface area contributed by atoms with Crippen LogP contribution in [0.5, 0.6) is 17.2 Å². The fourth-order valence-electron chi connectivity index (χ4n) is 4.62. The summed E-state index contributed by atoms with van der Waals surface area (Å²) in [7, 11) is 0. The molecule has 3 aromatic rings. The van der Waals surface area contributed by atoms with Crippen LogP contribution in [0.25, 0.3) is 11.0 Å². The number of hydrogen-bond acceptors (Lipinski definition) is 5. The molecule has 6 nitrogen and oxygen atoms in total. The van der Waals surface area contributed by atoms with Gasteiger partial charge in [0.05, 0.1) is 5.56 Å². The molecule has 0 amide bonds. The highest BCUT2D eigenvalue weighted by Crippen LogP contribution is 2.34. The summed E-state index contributed by atoms with van der Waals surface area (Å²) in [6.45, 7) is 2.40.